The molecule has 1 N–H and O–H groups in total. The number of hydrogen-bond acceptors (Lipinski definition) is 1. The molecule has 0 aliphatic carbocycles. The minimum absolute atomic E-state index is 0.315. The smallest absolute Gasteiger partial charge is 0.0132 e. The Bertz CT molecular complexity index is 177. The van der Waals surface area contributed by atoms with Crippen molar-refractivity contribution in [3.63, 3.8) is 0 Å². The molecule has 0 aromatic rings. The predicted octanol–water partition coefficient (Wildman–Crippen LogP) is 3.59. The number of rotatable bonds is 2. The van der Waals surface area contributed by atoms with Crippen LogP contribution in [-0.2, 0) is 0 Å². The van der Waals surface area contributed by atoms with Gasteiger partial charge in [-0.2, -0.15) is 0 Å². The monoisotopic (exact) mass is 197 g/mol. The molecular weight excluding hydrogens is 170 g/mol. The van der Waals surface area contributed by atoms with Crippen molar-refractivity contribution >= 4 is 0 Å². The molecule has 84 valence electrons. The van der Waals surface area contributed by atoms with Gasteiger partial charge in [-0.25, -0.2) is 0 Å². The minimum atomic E-state index is 0.315. The number of piperidine rings is 1. The quantitative estimate of drug-likeness (QED) is 0.713. The van der Waals surface area contributed by atoms with Crippen molar-refractivity contribution in [1.82, 2.24) is 5.32 Å². The zero-order valence-corrected chi connectivity index (χ0v) is 10.8. The first-order valence-electron chi connectivity index (χ1n) is 6.05. The van der Waals surface area contributed by atoms with Gasteiger partial charge in [0.25, 0.3) is 0 Å². The van der Waals surface area contributed by atoms with E-state index in [0.29, 0.717) is 11.1 Å². The highest BCUT2D eigenvalue weighted by molar-refractivity contribution is 4.97. The molecule has 14 heavy (non-hydrogen) atoms. The summed E-state index contributed by atoms with van der Waals surface area (Å²) >= 11 is 0. The SMILES string of the molecule is CCC(C)C1CC(C)(C)NC(C)(C)C1. The van der Waals surface area contributed by atoms with E-state index in [4.69, 9.17) is 0 Å². The van der Waals surface area contributed by atoms with Gasteiger partial charge in [0, 0.05) is 11.1 Å². The van der Waals surface area contributed by atoms with Crippen LogP contribution in [0.4, 0.5) is 0 Å². The Morgan fingerprint density at radius 1 is 1.14 bits per heavy atom. The summed E-state index contributed by atoms with van der Waals surface area (Å²) in [5, 5.41) is 3.74. The van der Waals surface area contributed by atoms with Gasteiger partial charge in [0.15, 0.2) is 0 Å². The van der Waals surface area contributed by atoms with E-state index in [0.717, 1.165) is 11.8 Å². The normalized spacial score (nSPS) is 28.7. The minimum Gasteiger partial charge on any atom is -0.307 e. The van der Waals surface area contributed by atoms with Gasteiger partial charge in [0.1, 0.15) is 0 Å². The average molecular weight is 197 g/mol. The molecule has 1 fully saturated rings. The Morgan fingerprint density at radius 2 is 1.57 bits per heavy atom. The van der Waals surface area contributed by atoms with E-state index in [1.807, 2.05) is 0 Å². The summed E-state index contributed by atoms with van der Waals surface area (Å²) < 4.78 is 0. The third-order valence-corrected chi connectivity index (χ3v) is 3.67. The van der Waals surface area contributed by atoms with E-state index >= 15 is 0 Å². The predicted molar refractivity (Wildman–Crippen MR) is 63.5 cm³/mol. The number of hydrogen-bond donors (Lipinski definition) is 1. The molecule has 1 aliphatic heterocycles. The van der Waals surface area contributed by atoms with Crippen molar-refractivity contribution in [3.8, 4) is 0 Å². The fourth-order valence-corrected chi connectivity index (χ4v) is 3.14. The summed E-state index contributed by atoms with van der Waals surface area (Å²) in [7, 11) is 0. The highest BCUT2D eigenvalue weighted by Crippen LogP contribution is 2.37. The second-order valence-corrected chi connectivity index (χ2v) is 6.45. The molecule has 0 amide bonds. The molecule has 0 radical (unpaired) electrons. The average Bonchev–Trinajstić information content (AvgIpc) is 1.97. The Balaban J connectivity index is 2.71. The van der Waals surface area contributed by atoms with E-state index in [-0.39, 0.29) is 0 Å². The molecule has 1 saturated heterocycles. The van der Waals surface area contributed by atoms with Crippen molar-refractivity contribution < 1.29 is 0 Å². The maximum atomic E-state index is 3.74. The Labute approximate surface area is 89.7 Å². The van der Waals surface area contributed by atoms with Gasteiger partial charge in [-0.15, -0.1) is 0 Å². The number of nitrogens with one attached hydrogen (secondary N) is 1. The first-order chi connectivity index (χ1) is 6.26. The Hall–Kier alpha value is -0.0400. The first-order valence-corrected chi connectivity index (χ1v) is 6.05. The van der Waals surface area contributed by atoms with Crippen LogP contribution in [0.25, 0.3) is 0 Å². The first kappa shape index (κ1) is 12.0. The Morgan fingerprint density at radius 3 is 1.93 bits per heavy atom. The van der Waals surface area contributed by atoms with Crippen molar-refractivity contribution in [2.24, 2.45) is 11.8 Å². The molecule has 1 heterocycles. The van der Waals surface area contributed by atoms with E-state index in [2.05, 4.69) is 46.9 Å². The summed E-state index contributed by atoms with van der Waals surface area (Å²) in [5.74, 6) is 1.77. The van der Waals surface area contributed by atoms with Crippen LogP contribution in [0.2, 0.25) is 0 Å². The molecule has 1 rings (SSSR count). The van der Waals surface area contributed by atoms with E-state index < -0.39 is 0 Å². The fraction of sp³-hybridized carbons (Fsp3) is 1.00. The lowest BCUT2D eigenvalue weighted by molar-refractivity contribution is 0.0963. The topological polar surface area (TPSA) is 12.0 Å². The van der Waals surface area contributed by atoms with Gasteiger partial charge in [-0.3, -0.25) is 0 Å². The third-order valence-electron chi connectivity index (χ3n) is 3.67. The van der Waals surface area contributed by atoms with E-state index in [1.165, 1.54) is 19.3 Å². The van der Waals surface area contributed by atoms with Crippen LogP contribution in [-0.4, -0.2) is 11.1 Å². The van der Waals surface area contributed by atoms with Crippen molar-refractivity contribution in [1.29, 1.82) is 0 Å². The van der Waals surface area contributed by atoms with E-state index in [9.17, 15) is 0 Å². The lowest BCUT2D eigenvalue weighted by Crippen LogP contribution is -2.58. The van der Waals surface area contributed by atoms with Crippen LogP contribution < -0.4 is 5.32 Å². The van der Waals surface area contributed by atoms with Crippen LogP contribution in [0.1, 0.15) is 60.8 Å². The maximum absolute atomic E-state index is 3.74. The Kier molecular flexibility index (Phi) is 3.30. The summed E-state index contributed by atoms with van der Waals surface area (Å²) in [4.78, 5) is 0. The van der Waals surface area contributed by atoms with Gasteiger partial charge >= 0.3 is 0 Å². The third kappa shape index (κ3) is 2.98. The van der Waals surface area contributed by atoms with Crippen LogP contribution in [0, 0.1) is 11.8 Å². The molecule has 1 heteroatoms. The summed E-state index contributed by atoms with van der Waals surface area (Å²) in [6.07, 6.45) is 3.97. The fourth-order valence-electron chi connectivity index (χ4n) is 3.14. The van der Waals surface area contributed by atoms with Gasteiger partial charge < -0.3 is 5.32 Å². The standard InChI is InChI=1S/C13H27N/c1-7-10(2)11-8-12(3,4)14-13(5,6)9-11/h10-11,14H,7-9H2,1-6H3. The summed E-state index contributed by atoms with van der Waals surface area (Å²) in [5.41, 5.74) is 0.631. The van der Waals surface area contributed by atoms with Crippen LogP contribution in [0.5, 0.6) is 0 Å². The molecular formula is C13H27N. The van der Waals surface area contributed by atoms with Crippen LogP contribution in [0.3, 0.4) is 0 Å². The van der Waals surface area contributed by atoms with Crippen LogP contribution >= 0.6 is 0 Å². The van der Waals surface area contributed by atoms with Gasteiger partial charge in [-0.1, -0.05) is 20.3 Å². The largest absolute Gasteiger partial charge is 0.307 e. The van der Waals surface area contributed by atoms with Crippen molar-refractivity contribution in [2.45, 2.75) is 71.9 Å². The van der Waals surface area contributed by atoms with Crippen molar-refractivity contribution in [3.05, 3.63) is 0 Å². The molecule has 0 aromatic carbocycles. The lowest BCUT2D eigenvalue weighted by Gasteiger charge is -2.48. The molecule has 0 bridgehead atoms. The molecule has 1 aliphatic rings. The van der Waals surface area contributed by atoms with Crippen molar-refractivity contribution in [2.75, 3.05) is 0 Å². The van der Waals surface area contributed by atoms with E-state index in [1.54, 1.807) is 0 Å². The molecule has 1 unspecified atom stereocenters. The second-order valence-electron chi connectivity index (χ2n) is 6.45. The van der Waals surface area contributed by atoms with Gasteiger partial charge in [0.05, 0.1) is 0 Å². The lowest BCUT2D eigenvalue weighted by atomic mass is 9.71. The van der Waals surface area contributed by atoms with Gasteiger partial charge in [-0.05, 0) is 52.4 Å². The molecule has 1 atom stereocenters. The zero-order valence-electron chi connectivity index (χ0n) is 10.8. The molecule has 1 nitrogen and oxygen atoms in total. The van der Waals surface area contributed by atoms with Gasteiger partial charge in [0.2, 0.25) is 0 Å². The zero-order chi connectivity index (χ0) is 11.0. The molecule has 0 saturated carbocycles. The molecule has 0 spiro atoms. The second kappa shape index (κ2) is 3.84. The maximum Gasteiger partial charge on any atom is 0.0132 e. The summed E-state index contributed by atoms with van der Waals surface area (Å²) in [6, 6.07) is 0. The van der Waals surface area contributed by atoms with Crippen LogP contribution in [0.15, 0.2) is 0 Å². The molecule has 0 aromatic heterocycles. The highest BCUT2D eigenvalue weighted by Gasteiger charge is 2.38. The summed E-state index contributed by atoms with van der Waals surface area (Å²) in [6.45, 7) is 14.1. The highest BCUT2D eigenvalue weighted by atomic mass is 15.0.